The molecule has 0 aromatic rings. The van der Waals surface area contributed by atoms with E-state index >= 15 is 0 Å². The van der Waals surface area contributed by atoms with Crippen molar-refractivity contribution in [2.75, 3.05) is 0 Å². The van der Waals surface area contributed by atoms with E-state index in [2.05, 4.69) is 0 Å². The van der Waals surface area contributed by atoms with Gasteiger partial charge in [0.15, 0.2) is 5.78 Å². The summed E-state index contributed by atoms with van der Waals surface area (Å²) < 4.78 is 0. The van der Waals surface area contributed by atoms with E-state index in [0.29, 0.717) is 18.4 Å². The molecule has 1 aliphatic carbocycles. The van der Waals surface area contributed by atoms with Crippen molar-refractivity contribution in [1.29, 1.82) is 0 Å². The van der Waals surface area contributed by atoms with Gasteiger partial charge in [0.25, 0.3) is 0 Å². The molecule has 1 atom stereocenters. The highest BCUT2D eigenvalue weighted by atomic mass is 16.3. The molecule has 0 aromatic heterocycles. The topological polar surface area (TPSA) is 57.5 Å². The van der Waals surface area contributed by atoms with Crippen LogP contribution < -0.4 is 0 Å². The minimum Gasteiger partial charge on any atom is -0.388 e. The predicted molar refractivity (Wildman–Crippen MR) is 53.8 cm³/mol. The quantitative estimate of drug-likeness (QED) is 0.691. The average molecular weight is 196 g/mol. The third-order valence-corrected chi connectivity index (χ3v) is 2.06. The average Bonchev–Trinajstić information content (AvgIpc) is 2.05. The first-order valence-corrected chi connectivity index (χ1v) is 4.72. The summed E-state index contributed by atoms with van der Waals surface area (Å²) in [5.74, 6) is 0.0331. The lowest BCUT2D eigenvalue weighted by molar-refractivity contribution is -0.115. The zero-order chi connectivity index (χ0) is 10.8. The van der Waals surface area contributed by atoms with Crippen molar-refractivity contribution in [2.45, 2.75) is 38.4 Å². The number of ketones is 1. The molecule has 0 saturated carbocycles. The van der Waals surface area contributed by atoms with Crippen LogP contribution in [-0.4, -0.2) is 27.7 Å². The number of carbonyl (C=O) groups excluding carboxylic acids is 1. The fraction of sp³-hybridized carbons (Fsp3) is 0.545. The molecular weight excluding hydrogens is 180 g/mol. The molecule has 0 unspecified atom stereocenters. The molecule has 0 amide bonds. The number of carbonyl (C=O) groups is 1. The molecule has 1 rings (SSSR count). The zero-order valence-electron chi connectivity index (χ0n) is 8.53. The molecule has 1 aliphatic rings. The van der Waals surface area contributed by atoms with Crippen LogP contribution in [0, 0.1) is 0 Å². The van der Waals surface area contributed by atoms with Gasteiger partial charge in [-0.1, -0.05) is 12.2 Å². The highest BCUT2D eigenvalue weighted by Crippen LogP contribution is 2.18. The van der Waals surface area contributed by atoms with E-state index < -0.39 is 11.7 Å². The summed E-state index contributed by atoms with van der Waals surface area (Å²) in [7, 11) is 0. The van der Waals surface area contributed by atoms with Gasteiger partial charge in [0.05, 0.1) is 11.7 Å². The van der Waals surface area contributed by atoms with E-state index in [1.807, 2.05) is 0 Å². The van der Waals surface area contributed by atoms with Crippen LogP contribution in [0.1, 0.15) is 26.7 Å². The SMILES string of the molecule is CC(C)(O)C=CC1=CC(=O)CC[C@@H]1O. The fourth-order valence-electron chi connectivity index (χ4n) is 1.26. The molecular formula is C11H16O3. The Morgan fingerprint density at radius 3 is 2.79 bits per heavy atom. The maximum Gasteiger partial charge on any atom is 0.156 e. The molecule has 14 heavy (non-hydrogen) atoms. The van der Waals surface area contributed by atoms with Crippen molar-refractivity contribution < 1.29 is 15.0 Å². The van der Waals surface area contributed by atoms with Crippen molar-refractivity contribution >= 4 is 5.78 Å². The molecule has 0 heterocycles. The molecule has 78 valence electrons. The molecule has 0 fully saturated rings. The molecule has 0 bridgehead atoms. The van der Waals surface area contributed by atoms with Crippen molar-refractivity contribution in [3.8, 4) is 0 Å². The van der Waals surface area contributed by atoms with Crippen molar-refractivity contribution in [1.82, 2.24) is 0 Å². The Hall–Kier alpha value is -0.930. The summed E-state index contributed by atoms with van der Waals surface area (Å²) >= 11 is 0. The van der Waals surface area contributed by atoms with Gasteiger partial charge in [0, 0.05) is 6.42 Å². The second kappa shape index (κ2) is 4.07. The van der Waals surface area contributed by atoms with Gasteiger partial charge in [-0.3, -0.25) is 4.79 Å². The number of aliphatic hydroxyl groups is 2. The molecule has 0 aliphatic heterocycles. The highest BCUT2D eigenvalue weighted by Gasteiger charge is 2.17. The lowest BCUT2D eigenvalue weighted by atomic mass is 9.94. The third-order valence-electron chi connectivity index (χ3n) is 2.06. The number of rotatable bonds is 2. The summed E-state index contributed by atoms with van der Waals surface area (Å²) in [6.07, 6.45) is 4.92. The van der Waals surface area contributed by atoms with Gasteiger partial charge in [0.1, 0.15) is 0 Å². The van der Waals surface area contributed by atoms with E-state index in [4.69, 9.17) is 0 Å². The standard InChI is InChI=1S/C11H16O3/c1-11(2,14)6-5-8-7-9(12)3-4-10(8)13/h5-7,10,13-14H,3-4H2,1-2H3/t10-/m0/s1. The number of aliphatic hydroxyl groups excluding tert-OH is 1. The maximum absolute atomic E-state index is 11.1. The van der Waals surface area contributed by atoms with Crippen molar-refractivity contribution in [2.24, 2.45) is 0 Å². The lowest BCUT2D eigenvalue weighted by Gasteiger charge is -2.17. The number of hydrogen-bond donors (Lipinski definition) is 2. The molecule has 2 N–H and O–H groups in total. The molecule has 0 spiro atoms. The summed E-state index contributed by atoms with van der Waals surface area (Å²) in [6, 6.07) is 0. The Balaban J connectivity index is 2.76. The van der Waals surface area contributed by atoms with Gasteiger partial charge in [-0.25, -0.2) is 0 Å². The van der Waals surface area contributed by atoms with Crippen LogP contribution in [0.2, 0.25) is 0 Å². The van der Waals surface area contributed by atoms with Gasteiger partial charge in [-0.15, -0.1) is 0 Å². The maximum atomic E-state index is 11.1. The fourth-order valence-corrected chi connectivity index (χ4v) is 1.26. The second-order valence-corrected chi connectivity index (χ2v) is 4.15. The first-order valence-electron chi connectivity index (χ1n) is 4.72. The normalized spacial score (nSPS) is 24.1. The van der Waals surface area contributed by atoms with Crippen LogP contribution in [0.4, 0.5) is 0 Å². The molecule has 0 radical (unpaired) electrons. The molecule has 0 aromatic carbocycles. The smallest absolute Gasteiger partial charge is 0.156 e. The molecule has 3 heteroatoms. The van der Waals surface area contributed by atoms with Crippen LogP contribution in [0.15, 0.2) is 23.8 Å². The summed E-state index contributed by atoms with van der Waals surface area (Å²) in [4.78, 5) is 11.1. The molecule has 3 nitrogen and oxygen atoms in total. The Morgan fingerprint density at radius 2 is 2.21 bits per heavy atom. The third kappa shape index (κ3) is 3.44. The summed E-state index contributed by atoms with van der Waals surface area (Å²) in [5.41, 5.74) is -0.329. The van der Waals surface area contributed by atoms with Gasteiger partial charge < -0.3 is 10.2 Å². The Morgan fingerprint density at radius 1 is 1.57 bits per heavy atom. The Bertz CT molecular complexity index is 281. The van der Waals surface area contributed by atoms with E-state index in [-0.39, 0.29) is 5.78 Å². The number of hydrogen-bond acceptors (Lipinski definition) is 3. The largest absolute Gasteiger partial charge is 0.388 e. The first kappa shape index (κ1) is 11.1. The van der Waals surface area contributed by atoms with Crippen LogP contribution in [0.3, 0.4) is 0 Å². The van der Waals surface area contributed by atoms with Crippen LogP contribution in [-0.2, 0) is 4.79 Å². The predicted octanol–water partition coefficient (Wildman–Crippen LogP) is 0.964. The van der Waals surface area contributed by atoms with Crippen LogP contribution in [0.25, 0.3) is 0 Å². The van der Waals surface area contributed by atoms with Crippen molar-refractivity contribution in [3.63, 3.8) is 0 Å². The van der Waals surface area contributed by atoms with Crippen LogP contribution >= 0.6 is 0 Å². The van der Waals surface area contributed by atoms with E-state index in [1.54, 1.807) is 26.0 Å². The van der Waals surface area contributed by atoms with Crippen LogP contribution in [0.5, 0.6) is 0 Å². The Kier molecular flexibility index (Phi) is 3.24. The summed E-state index contributed by atoms with van der Waals surface area (Å²) in [6.45, 7) is 3.28. The van der Waals surface area contributed by atoms with Gasteiger partial charge in [0.2, 0.25) is 0 Å². The van der Waals surface area contributed by atoms with Crippen molar-refractivity contribution in [3.05, 3.63) is 23.8 Å². The lowest BCUT2D eigenvalue weighted by Crippen LogP contribution is -2.19. The monoisotopic (exact) mass is 196 g/mol. The zero-order valence-corrected chi connectivity index (χ0v) is 8.53. The number of allylic oxidation sites excluding steroid dienone is 1. The first-order chi connectivity index (χ1) is 6.38. The van der Waals surface area contributed by atoms with E-state index in [0.717, 1.165) is 0 Å². The van der Waals surface area contributed by atoms with Gasteiger partial charge in [-0.05, 0) is 31.9 Å². The van der Waals surface area contributed by atoms with E-state index in [9.17, 15) is 15.0 Å². The van der Waals surface area contributed by atoms with Gasteiger partial charge >= 0.3 is 0 Å². The van der Waals surface area contributed by atoms with Gasteiger partial charge in [-0.2, -0.15) is 0 Å². The summed E-state index contributed by atoms with van der Waals surface area (Å²) in [5, 5.41) is 19.0. The molecule has 0 saturated heterocycles. The Labute approximate surface area is 83.8 Å². The minimum atomic E-state index is -0.916. The minimum absolute atomic E-state index is 0.0331. The highest BCUT2D eigenvalue weighted by molar-refractivity contribution is 5.92. The second-order valence-electron chi connectivity index (χ2n) is 4.15. The van der Waals surface area contributed by atoms with E-state index in [1.165, 1.54) is 6.08 Å².